The third kappa shape index (κ3) is 2.26. The average molecular weight is 259 g/mol. The van der Waals surface area contributed by atoms with Crippen LogP contribution >= 0.6 is 0 Å². The minimum Gasteiger partial charge on any atom is -0.345 e. The summed E-state index contributed by atoms with van der Waals surface area (Å²) in [6.45, 7) is 4.53. The van der Waals surface area contributed by atoms with Gasteiger partial charge in [-0.1, -0.05) is 19.3 Å². The minimum absolute atomic E-state index is 0.360. The van der Waals surface area contributed by atoms with Crippen LogP contribution in [0.4, 0.5) is 0 Å². The quantitative estimate of drug-likeness (QED) is 0.768. The molecule has 0 aliphatic heterocycles. The van der Waals surface area contributed by atoms with E-state index in [4.69, 9.17) is 0 Å². The van der Waals surface area contributed by atoms with E-state index in [1.54, 1.807) is 0 Å². The summed E-state index contributed by atoms with van der Waals surface area (Å²) in [4.78, 5) is 12.0. The molecule has 0 N–H and O–H groups in total. The second kappa shape index (κ2) is 5.15. The number of nitrogens with zero attached hydrogens (tertiary/aromatic N) is 1. The SMILES string of the molecule is Cc1cc2c(n1C(C)C1CCCCC1)CCCC2=O. The molecule has 1 aromatic heterocycles. The van der Waals surface area contributed by atoms with Gasteiger partial charge in [0.15, 0.2) is 5.78 Å². The van der Waals surface area contributed by atoms with Gasteiger partial charge in [0.1, 0.15) is 0 Å². The van der Waals surface area contributed by atoms with E-state index in [0.717, 1.165) is 30.7 Å². The maximum absolute atomic E-state index is 12.0. The van der Waals surface area contributed by atoms with Gasteiger partial charge in [-0.05, 0) is 51.5 Å². The Hall–Kier alpha value is -1.05. The molecule has 1 unspecified atom stereocenters. The lowest BCUT2D eigenvalue weighted by molar-refractivity contribution is 0.0971. The largest absolute Gasteiger partial charge is 0.345 e. The molecule has 0 bridgehead atoms. The van der Waals surface area contributed by atoms with Crippen LogP contribution in [0, 0.1) is 12.8 Å². The number of carbonyl (C=O) groups is 1. The normalized spacial score (nSPS) is 22.3. The van der Waals surface area contributed by atoms with E-state index in [1.807, 2.05) is 0 Å². The van der Waals surface area contributed by atoms with Gasteiger partial charge < -0.3 is 4.57 Å². The first-order valence-electron chi connectivity index (χ1n) is 7.92. The van der Waals surface area contributed by atoms with Crippen LogP contribution in [0.15, 0.2) is 6.07 Å². The number of hydrogen-bond donors (Lipinski definition) is 0. The number of ketones is 1. The molecule has 1 aromatic rings. The second-order valence-corrected chi connectivity index (χ2v) is 6.43. The Kier molecular flexibility index (Phi) is 3.51. The minimum atomic E-state index is 0.360. The highest BCUT2D eigenvalue weighted by Crippen LogP contribution is 2.36. The predicted molar refractivity (Wildman–Crippen MR) is 77.7 cm³/mol. The van der Waals surface area contributed by atoms with Crippen molar-refractivity contribution in [2.24, 2.45) is 5.92 Å². The second-order valence-electron chi connectivity index (χ2n) is 6.43. The molecule has 3 rings (SSSR count). The number of aromatic nitrogens is 1. The molecule has 0 aromatic carbocycles. The van der Waals surface area contributed by atoms with E-state index in [1.165, 1.54) is 43.5 Å². The molecular weight excluding hydrogens is 234 g/mol. The van der Waals surface area contributed by atoms with Gasteiger partial charge in [0.25, 0.3) is 0 Å². The zero-order valence-corrected chi connectivity index (χ0v) is 12.2. The molecule has 0 spiro atoms. The van der Waals surface area contributed by atoms with Gasteiger partial charge in [0.05, 0.1) is 0 Å². The fraction of sp³-hybridized carbons (Fsp3) is 0.706. The monoisotopic (exact) mass is 259 g/mol. The van der Waals surface area contributed by atoms with Gasteiger partial charge in [0, 0.05) is 29.4 Å². The molecule has 1 saturated carbocycles. The van der Waals surface area contributed by atoms with E-state index in [2.05, 4.69) is 24.5 Å². The van der Waals surface area contributed by atoms with Crippen LogP contribution in [-0.4, -0.2) is 10.4 Å². The fourth-order valence-corrected chi connectivity index (χ4v) is 4.15. The van der Waals surface area contributed by atoms with Gasteiger partial charge in [-0.3, -0.25) is 4.79 Å². The lowest BCUT2D eigenvalue weighted by Crippen LogP contribution is -2.23. The van der Waals surface area contributed by atoms with Gasteiger partial charge >= 0.3 is 0 Å². The van der Waals surface area contributed by atoms with E-state index < -0.39 is 0 Å². The Morgan fingerprint density at radius 1 is 1.16 bits per heavy atom. The number of fused-ring (bicyclic) bond motifs is 1. The van der Waals surface area contributed by atoms with Crippen LogP contribution in [0.1, 0.15) is 79.7 Å². The first-order chi connectivity index (χ1) is 9.18. The van der Waals surface area contributed by atoms with Crippen molar-refractivity contribution in [1.82, 2.24) is 4.57 Å². The van der Waals surface area contributed by atoms with Crippen molar-refractivity contribution in [3.8, 4) is 0 Å². The Morgan fingerprint density at radius 2 is 1.89 bits per heavy atom. The molecule has 0 saturated heterocycles. The van der Waals surface area contributed by atoms with Crippen molar-refractivity contribution in [3.05, 3.63) is 23.0 Å². The van der Waals surface area contributed by atoms with Crippen molar-refractivity contribution in [2.75, 3.05) is 0 Å². The molecule has 2 aliphatic rings. The van der Waals surface area contributed by atoms with Crippen molar-refractivity contribution < 1.29 is 4.79 Å². The summed E-state index contributed by atoms with van der Waals surface area (Å²) in [5.41, 5.74) is 3.64. The predicted octanol–water partition coefficient (Wildman–Crippen LogP) is 4.46. The standard InChI is InChI=1S/C17H25NO/c1-12-11-15-16(9-6-10-17(15)19)18(12)13(2)14-7-4-3-5-8-14/h11,13-14H,3-10H2,1-2H3. The number of Topliss-reactive ketones (excluding diaryl/α,β-unsaturated/α-hetero) is 1. The average Bonchev–Trinajstić information content (AvgIpc) is 2.77. The van der Waals surface area contributed by atoms with Crippen LogP contribution in [-0.2, 0) is 6.42 Å². The molecule has 1 heterocycles. The van der Waals surface area contributed by atoms with Crippen molar-refractivity contribution in [2.45, 2.75) is 71.3 Å². The number of hydrogen-bond acceptors (Lipinski definition) is 1. The Balaban J connectivity index is 1.93. The van der Waals surface area contributed by atoms with E-state index in [9.17, 15) is 4.79 Å². The van der Waals surface area contributed by atoms with Crippen molar-refractivity contribution in [1.29, 1.82) is 0 Å². The molecule has 104 valence electrons. The molecule has 2 aliphatic carbocycles. The highest BCUT2D eigenvalue weighted by molar-refractivity contribution is 5.98. The number of carbonyl (C=O) groups excluding carboxylic acids is 1. The van der Waals surface area contributed by atoms with Crippen LogP contribution in [0.5, 0.6) is 0 Å². The molecule has 2 heteroatoms. The van der Waals surface area contributed by atoms with Gasteiger partial charge in [0.2, 0.25) is 0 Å². The maximum atomic E-state index is 12.0. The lowest BCUT2D eigenvalue weighted by Gasteiger charge is -2.31. The first kappa shape index (κ1) is 13.0. The van der Waals surface area contributed by atoms with Crippen molar-refractivity contribution >= 4 is 5.78 Å². The Bertz CT molecular complexity index is 480. The van der Waals surface area contributed by atoms with Gasteiger partial charge in [-0.25, -0.2) is 0 Å². The Labute approximate surface area is 116 Å². The fourth-order valence-electron chi connectivity index (χ4n) is 4.15. The summed E-state index contributed by atoms with van der Waals surface area (Å²) in [5.74, 6) is 1.17. The van der Waals surface area contributed by atoms with Crippen LogP contribution in [0.2, 0.25) is 0 Å². The smallest absolute Gasteiger partial charge is 0.164 e. The van der Waals surface area contributed by atoms with Gasteiger partial charge in [-0.15, -0.1) is 0 Å². The first-order valence-corrected chi connectivity index (χ1v) is 7.92. The Morgan fingerprint density at radius 3 is 2.63 bits per heavy atom. The summed E-state index contributed by atoms with van der Waals surface area (Å²) in [5, 5.41) is 0. The highest BCUT2D eigenvalue weighted by atomic mass is 16.1. The third-order valence-corrected chi connectivity index (χ3v) is 5.19. The maximum Gasteiger partial charge on any atom is 0.164 e. The summed E-state index contributed by atoms with van der Waals surface area (Å²) >= 11 is 0. The topological polar surface area (TPSA) is 22.0 Å². The zero-order chi connectivity index (χ0) is 13.4. The number of aryl methyl sites for hydroxylation is 1. The van der Waals surface area contributed by atoms with Crippen LogP contribution in [0.3, 0.4) is 0 Å². The van der Waals surface area contributed by atoms with Crippen LogP contribution < -0.4 is 0 Å². The lowest BCUT2D eigenvalue weighted by atomic mass is 9.84. The molecule has 0 amide bonds. The molecule has 1 atom stereocenters. The molecule has 19 heavy (non-hydrogen) atoms. The summed E-state index contributed by atoms with van der Waals surface area (Å²) < 4.78 is 2.49. The van der Waals surface area contributed by atoms with Crippen molar-refractivity contribution in [3.63, 3.8) is 0 Å². The molecule has 2 nitrogen and oxygen atoms in total. The summed E-state index contributed by atoms with van der Waals surface area (Å²) in [7, 11) is 0. The van der Waals surface area contributed by atoms with Gasteiger partial charge in [-0.2, -0.15) is 0 Å². The zero-order valence-electron chi connectivity index (χ0n) is 12.2. The third-order valence-electron chi connectivity index (χ3n) is 5.19. The van der Waals surface area contributed by atoms with E-state index in [0.29, 0.717) is 11.8 Å². The molecule has 1 fully saturated rings. The highest BCUT2D eigenvalue weighted by Gasteiger charge is 2.28. The summed E-state index contributed by atoms with van der Waals surface area (Å²) in [6, 6.07) is 2.70. The van der Waals surface area contributed by atoms with E-state index in [-0.39, 0.29) is 0 Å². The molecular formula is C17H25NO. The number of rotatable bonds is 2. The summed E-state index contributed by atoms with van der Waals surface area (Å²) in [6.07, 6.45) is 9.77. The molecule has 0 radical (unpaired) electrons. The van der Waals surface area contributed by atoms with Crippen LogP contribution in [0.25, 0.3) is 0 Å². The van der Waals surface area contributed by atoms with E-state index >= 15 is 0 Å².